The van der Waals surface area contributed by atoms with Crippen LogP contribution in [0.3, 0.4) is 0 Å². The molecule has 0 saturated carbocycles. The van der Waals surface area contributed by atoms with Crippen LogP contribution in [-0.4, -0.2) is 59.6 Å². The van der Waals surface area contributed by atoms with E-state index in [9.17, 15) is 12.8 Å². The molecule has 0 spiro atoms. The molecule has 28 heavy (non-hydrogen) atoms. The molecule has 2 aromatic rings. The summed E-state index contributed by atoms with van der Waals surface area (Å²) in [4.78, 5) is 11.6. The second kappa shape index (κ2) is 7.70. The molecule has 10 heteroatoms. The summed E-state index contributed by atoms with van der Waals surface area (Å²) in [6.45, 7) is 4.51. The molecule has 4 heterocycles. The van der Waals surface area contributed by atoms with Gasteiger partial charge in [-0.15, -0.1) is 0 Å². The summed E-state index contributed by atoms with van der Waals surface area (Å²) >= 11 is 6.36. The fourth-order valence-corrected chi connectivity index (χ4v) is 6.07. The van der Waals surface area contributed by atoms with Crippen molar-refractivity contribution in [3.05, 3.63) is 35.0 Å². The van der Waals surface area contributed by atoms with Crippen LogP contribution in [0.2, 0.25) is 5.15 Å². The lowest BCUT2D eigenvalue weighted by molar-refractivity contribution is 0.243. The molecule has 0 radical (unpaired) electrons. The number of nitrogens with zero attached hydrogens (tertiary/aromatic N) is 3. The summed E-state index contributed by atoms with van der Waals surface area (Å²) < 4.78 is 40.0. The zero-order chi connectivity index (χ0) is 19.9. The molecule has 2 aliphatic heterocycles. The van der Waals surface area contributed by atoms with Crippen molar-refractivity contribution in [3.63, 3.8) is 0 Å². The maximum absolute atomic E-state index is 13.1. The van der Waals surface area contributed by atoms with Crippen molar-refractivity contribution in [3.8, 4) is 11.5 Å². The highest BCUT2D eigenvalue weighted by molar-refractivity contribution is 7.89. The summed E-state index contributed by atoms with van der Waals surface area (Å²) in [6, 6.07) is 2.87. The average molecular weight is 428 g/mol. The summed E-state index contributed by atoms with van der Waals surface area (Å²) in [5, 5.41) is 3.47. The molecule has 0 amide bonds. The number of rotatable bonds is 5. The molecule has 0 unspecified atom stereocenters. The van der Waals surface area contributed by atoms with E-state index in [-0.39, 0.29) is 23.5 Å². The minimum absolute atomic E-state index is 0.0750. The van der Waals surface area contributed by atoms with Crippen LogP contribution in [-0.2, 0) is 10.0 Å². The Balaban J connectivity index is 1.48. The Bertz CT molecular complexity index is 945. The van der Waals surface area contributed by atoms with Gasteiger partial charge in [0.2, 0.25) is 10.0 Å². The number of aromatic nitrogens is 3. The van der Waals surface area contributed by atoms with Crippen LogP contribution in [0.1, 0.15) is 25.0 Å². The highest BCUT2D eigenvalue weighted by Gasteiger charge is 2.37. The Morgan fingerprint density at radius 1 is 1.36 bits per heavy atom. The van der Waals surface area contributed by atoms with Gasteiger partial charge < -0.3 is 10.3 Å². The number of sulfonamides is 1. The van der Waals surface area contributed by atoms with E-state index in [4.69, 9.17) is 11.6 Å². The van der Waals surface area contributed by atoms with Crippen molar-refractivity contribution < 1.29 is 12.8 Å². The van der Waals surface area contributed by atoms with E-state index in [1.807, 2.05) is 6.92 Å². The third-order valence-electron chi connectivity index (χ3n) is 5.60. The maximum atomic E-state index is 13.1. The van der Waals surface area contributed by atoms with Gasteiger partial charge in [-0.25, -0.2) is 27.1 Å². The molecular formula is C18H23ClFN5O2S. The van der Waals surface area contributed by atoms with Gasteiger partial charge in [0.25, 0.3) is 0 Å². The highest BCUT2D eigenvalue weighted by Crippen LogP contribution is 2.37. The minimum atomic E-state index is -3.24. The second-order valence-corrected chi connectivity index (χ2v) is 10.1. The Labute approximate surface area is 168 Å². The van der Waals surface area contributed by atoms with E-state index in [0.717, 1.165) is 25.0 Å². The van der Waals surface area contributed by atoms with Gasteiger partial charge in [0, 0.05) is 32.1 Å². The van der Waals surface area contributed by atoms with Gasteiger partial charge >= 0.3 is 0 Å². The molecule has 4 rings (SSSR count). The number of hydrogen-bond acceptors (Lipinski definition) is 5. The molecule has 152 valence electrons. The SMILES string of the molecule is C[C@H]1CN(S(=O)(=O)CC2CNC2)CC[C@H]1c1[nH]c(-c2ccc(F)cn2)nc1Cl. The largest absolute Gasteiger partial charge is 0.339 e. The van der Waals surface area contributed by atoms with E-state index in [1.165, 1.54) is 6.07 Å². The number of hydrogen-bond donors (Lipinski definition) is 2. The van der Waals surface area contributed by atoms with E-state index < -0.39 is 15.8 Å². The summed E-state index contributed by atoms with van der Waals surface area (Å²) in [7, 11) is -3.24. The number of aromatic amines is 1. The van der Waals surface area contributed by atoms with Crippen LogP contribution in [0.25, 0.3) is 11.5 Å². The van der Waals surface area contributed by atoms with Gasteiger partial charge in [0.15, 0.2) is 11.0 Å². The first-order valence-corrected chi connectivity index (χ1v) is 11.4. The molecule has 7 nitrogen and oxygen atoms in total. The Morgan fingerprint density at radius 3 is 2.75 bits per heavy atom. The highest BCUT2D eigenvalue weighted by atomic mass is 35.5. The Hall–Kier alpha value is -1.55. The van der Waals surface area contributed by atoms with Crippen molar-refractivity contribution in [2.75, 3.05) is 31.9 Å². The third-order valence-corrected chi connectivity index (χ3v) is 7.90. The quantitative estimate of drug-likeness (QED) is 0.763. The molecule has 0 aromatic carbocycles. The van der Waals surface area contributed by atoms with Crippen LogP contribution >= 0.6 is 11.6 Å². The molecule has 2 aliphatic rings. The number of nitrogens with one attached hydrogen (secondary N) is 2. The molecular weight excluding hydrogens is 405 g/mol. The molecule has 2 N–H and O–H groups in total. The number of halogens is 2. The fraction of sp³-hybridized carbons (Fsp3) is 0.556. The van der Waals surface area contributed by atoms with Crippen LogP contribution in [0.5, 0.6) is 0 Å². The third kappa shape index (κ3) is 3.94. The van der Waals surface area contributed by atoms with Gasteiger partial charge in [-0.2, -0.15) is 0 Å². The number of piperidine rings is 1. The minimum Gasteiger partial charge on any atom is -0.339 e. The van der Waals surface area contributed by atoms with Crippen molar-refractivity contribution in [2.45, 2.75) is 19.3 Å². The van der Waals surface area contributed by atoms with E-state index >= 15 is 0 Å². The van der Waals surface area contributed by atoms with Crippen molar-refractivity contribution >= 4 is 21.6 Å². The number of pyridine rings is 1. The zero-order valence-electron chi connectivity index (χ0n) is 15.5. The van der Waals surface area contributed by atoms with Crippen LogP contribution in [0.4, 0.5) is 4.39 Å². The predicted octanol–water partition coefficient (Wildman–Crippen LogP) is 2.24. The van der Waals surface area contributed by atoms with Crippen molar-refractivity contribution in [1.82, 2.24) is 24.6 Å². The van der Waals surface area contributed by atoms with Crippen LogP contribution in [0.15, 0.2) is 18.3 Å². The van der Waals surface area contributed by atoms with Crippen LogP contribution in [0, 0.1) is 17.7 Å². The first-order valence-electron chi connectivity index (χ1n) is 9.39. The van der Waals surface area contributed by atoms with Gasteiger partial charge in [0.05, 0.1) is 17.6 Å². The molecule has 2 fully saturated rings. The Kier molecular flexibility index (Phi) is 5.43. The van der Waals surface area contributed by atoms with Crippen LogP contribution < -0.4 is 5.32 Å². The number of H-pyrrole nitrogens is 1. The molecule has 0 aliphatic carbocycles. The molecule has 2 aromatic heterocycles. The molecule has 2 saturated heterocycles. The van der Waals surface area contributed by atoms with E-state index in [2.05, 4.69) is 20.3 Å². The summed E-state index contributed by atoms with van der Waals surface area (Å²) in [6.07, 6.45) is 1.80. The van der Waals surface area contributed by atoms with Gasteiger partial charge in [-0.1, -0.05) is 18.5 Å². The standard InChI is InChI=1S/C18H23ClFN5O2S/c1-11-9-25(28(26,27)10-12-6-21-7-12)5-4-14(11)16-17(19)24-18(23-16)15-3-2-13(20)8-22-15/h2-3,8,11-12,14,21H,4-7,9-10H2,1H3,(H,23,24)/t11-,14+/m0/s1. The fourth-order valence-electron chi connectivity index (χ4n) is 3.91. The lowest BCUT2D eigenvalue weighted by Crippen LogP contribution is -2.50. The summed E-state index contributed by atoms with van der Waals surface area (Å²) in [5.41, 5.74) is 1.30. The first kappa shape index (κ1) is 19.8. The first-order chi connectivity index (χ1) is 13.3. The van der Waals surface area contributed by atoms with Gasteiger partial charge in [0.1, 0.15) is 11.5 Å². The topological polar surface area (TPSA) is 91.0 Å². The Morgan fingerprint density at radius 2 is 2.14 bits per heavy atom. The summed E-state index contributed by atoms with van der Waals surface area (Å²) in [5.74, 6) is 0.663. The van der Waals surface area contributed by atoms with Gasteiger partial charge in [-0.05, 0) is 30.4 Å². The normalized spacial score (nSPS) is 24.2. The van der Waals surface area contributed by atoms with E-state index in [1.54, 1.807) is 10.4 Å². The predicted molar refractivity (Wildman–Crippen MR) is 105 cm³/mol. The molecule has 2 atom stereocenters. The zero-order valence-corrected chi connectivity index (χ0v) is 17.1. The molecule has 0 bridgehead atoms. The lowest BCUT2D eigenvalue weighted by Gasteiger charge is -2.37. The maximum Gasteiger partial charge on any atom is 0.214 e. The monoisotopic (exact) mass is 427 g/mol. The van der Waals surface area contributed by atoms with Crippen molar-refractivity contribution in [1.29, 1.82) is 0 Å². The average Bonchev–Trinajstić information content (AvgIpc) is 3.00. The van der Waals surface area contributed by atoms with Gasteiger partial charge in [-0.3, -0.25) is 0 Å². The van der Waals surface area contributed by atoms with Crippen molar-refractivity contribution in [2.24, 2.45) is 11.8 Å². The smallest absolute Gasteiger partial charge is 0.214 e. The van der Waals surface area contributed by atoms with E-state index in [0.29, 0.717) is 36.2 Å². The number of imidazole rings is 1. The second-order valence-electron chi connectivity index (χ2n) is 7.68. The lowest BCUT2D eigenvalue weighted by atomic mass is 9.86.